The van der Waals surface area contributed by atoms with Gasteiger partial charge >= 0.3 is 0 Å². The van der Waals surface area contributed by atoms with Gasteiger partial charge in [0.2, 0.25) is 0 Å². The minimum Gasteiger partial charge on any atom is -0.393 e. The molecule has 1 fully saturated rings. The Hall–Kier alpha value is -2.22. The quantitative estimate of drug-likeness (QED) is 0.749. The molecule has 1 unspecified atom stereocenters. The molecule has 0 amide bonds. The standard InChI is InChI=1S/C16H16N5OP/c17-4-3-16(7-12(22)8-16)21-10-11(9-19-21)13-1-5-18-15-14(13)2-6-20(15)23/h1-2,5-6,9-10,12,22H,3,7-8,23H2. The van der Waals surface area contributed by atoms with E-state index < -0.39 is 0 Å². The van der Waals surface area contributed by atoms with E-state index in [0.717, 1.165) is 22.2 Å². The fourth-order valence-electron chi connectivity index (χ4n) is 3.41. The first-order valence-electron chi connectivity index (χ1n) is 7.45. The van der Waals surface area contributed by atoms with Crippen molar-refractivity contribution in [3.8, 4) is 17.2 Å². The Bertz CT molecular complexity index is 916. The molecular weight excluding hydrogens is 309 g/mol. The van der Waals surface area contributed by atoms with Crippen molar-refractivity contribution in [1.82, 2.24) is 19.1 Å². The largest absolute Gasteiger partial charge is 0.393 e. The van der Waals surface area contributed by atoms with E-state index in [2.05, 4.69) is 25.5 Å². The van der Waals surface area contributed by atoms with E-state index in [1.807, 2.05) is 39.7 Å². The van der Waals surface area contributed by atoms with Crippen LogP contribution in [0.25, 0.3) is 22.2 Å². The fourth-order valence-corrected chi connectivity index (χ4v) is 3.70. The van der Waals surface area contributed by atoms with Gasteiger partial charge in [-0.15, -0.1) is 0 Å². The van der Waals surface area contributed by atoms with E-state index in [4.69, 9.17) is 5.26 Å². The van der Waals surface area contributed by atoms with Gasteiger partial charge in [-0.25, -0.2) is 4.98 Å². The van der Waals surface area contributed by atoms with Gasteiger partial charge in [-0.1, -0.05) is 0 Å². The highest BCUT2D eigenvalue weighted by molar-refractivity contribution is 7.14. The lowest BCUT2D eigenvalue weighted by atomic mass is 9.72. The molecule has 1 saturated carbocycles. The van der Waals surface area contributed by atoms with Crippen LogP contribution in [0, 0.1) is 11.3 Å². The van der Waals surface area contributed by atoms with Crippen LogP contribution in [0.2, 0.25) is 0 Å². The van der Waals surface area contributed by atoms with E-state index in [1.54, 1.807) is 6.20 Å². The number of hydrogen-bond donors (Lipinski definition) is 1. The van der Waals surface area contributed by atoms with Gasteiger partial charge in [0.25, 0.3) is 0 Å². The number of aliphatic hydroxyl groups is 1. The van der Waals surface area contributed by atoms with Gasteiger partial charge in [-0.2, -0.15) is 10.4 Å². The van der Waals surface area contributed by atoms with Crippen LogP contribution in [-0.2, 0) is 5.54 Å². The number of fused-ring (bicyclic) bond motifs is 1. The molecule has 1 atom stereocenters. The van der Waals surface area contributed by atoms with Gasteiger partial charge in [0, 0.05) is 29.5 Å². The third-order valence-electron chi connectivity index (χ3n) is 4.63. The molecule has 23 heavy (non-hydrogen) atoms. The second-order valence-corrected chi connectivity index (χ2v) is 6.67. The number of nitrogens with zero attached hydrogens (tertiary/aromatic N) is 5. The van der Waals surface area contributed by atoms with Crippen LogP contribution in [-0.4, -0.2) is 30.3 Å². The minimum absolute atomic E-state index is 0.338. The molecular formula is C16H16N5OP. The Morgan fingerprint density at radius 1 is 1.43 bits per heavy atom. The summed E-state index contributed by atoms with van der Waals surface area (Å²) in [7, 11) is 2.62. The topological polar surface area (TPSA) is 79.7 Å². The zero-order valence-corrected chi connectivity index (χ0v) is 13.6. The third kappa shape index (κ3) is 2.16. The van der Waals surface area contributed by atoms with Gasteiger partial charge in [0.05, 0.1) is 30.3 Å². The molecule has 1 N–H and O–H groups in total. The molecule has 0 radical (unpaired) electrons. The summed E-state index contributed by atoms with van der Waals surface area (Å²) in [4.78, 5) is 4.39. The zero-order chi connectivity index (χ0) is 16.0. The van der Waals surface area contributed by atoms with Crippen LogP contribution in [0.5, 0.6) is 0 Å². The van der Waals surface area contributed by atoms with Gasteiger partial charge in [-0.05, 0) is 39.9 Å². The molecule has 1 aliphatic carbocycles. The van der Waals surface area contributed by atoms with Crippen molar-refractivity contribution in [2.45, 2.75) is 30.9 Å². The Morgan fingerprint density at radius 3 is 3.00 bits per heavy atom. The van der Waals surface area contributed by atoms with Crippen molar-refractivity contribution in [3.05, 3.63) is 36.9 Å². The second-order valence-electron chi connectivity index (χ2n) is 6.11. The Balaban J connectivity index is 1.77. The van der Waals surface area contributed by atoms with Crippen molar-refractivity contribution >= 4 is 20.4 Å². The van der Waals surface area contributed by atoms with E-state index in [1.165, 1.54) is 0 Å². The molecule has 1 aliphatic rings. The van der Waals surface area contributed by atoms with Crippen LogP contribution in [0.15, 0.2) is 36.9 Å². The number of hydrogen-bond acceptors (Lipinski definition) is 4. The number of rotatable bonds is 3. The van der Waals surface area contributed by atoms with Crippen molar-refractivity contribution in [2.24, 2.45) is 0 Å². The van der Waals surface area contributed by atoms with Gasteiger partial charge in [-0.3, -0.25) is 4.68 Å². The van der Waals surface area contributed by atoms with Crippen molar-refractivity contribution in [3.63, 3.8) is 0 Å². The van der Waals surface area contributed by atoms with Crippen LogP contribution in [0.4, 0.5) is 0 Å². The molecule has 0 bridgehead atoms. The molecule has 7 heteroatoms. The highest BCUT2D eigenvalue weighted by atomic mass is 31.0. The summed E-state index contributed by atoms with van der Waals surface area (Å²) in [6.45, 7) is 0. The lowest BCUT2D eigenvalue weighted by Crippen LogP contribution is -2.49. The van der Waals surface area contributed by atoms with Gasteiger partial charge < -0.3 is 9.44 Å². The highest BCUT2D eigenvalue weighted by Gasteiger charge is 2.45. The maximum Gasteiger partial charge on any atom is 0.143 e. The average Bonchev–Trinajstić information content (AvgIpc) is 3.13. The maximum atomic E-state index is 9.68. The summed E-state index contributed by atoms with van der Waals surface area (Å²) in [5, 5.41) is 24.3. The Kier molecular flexibility index (Phi) is 3.22. The lowest BCUT2D eigenvalue weighted by Gasteiger charge is -2.44. The number of nitriles is 1. The van der Waals surface area contributed by atoms with E-state index in [0.29, 0.717) is 19.3 Å². The molecule has 0 spiro atoms. The number of aromatic nitrogens is 4. The molecule has 3 aromatic rings. The number of pyridine rings is 1. The van der Waals surface area contributed by atoms with Crippen LogP contribution in [0.1, 0.15) is 19.3 Å². The van der Waals surface area contributed by atoms with E-state index >= 15 is 0 Å². The summed E-state index contributed by atoms with van der Waals surface area (Å²) in [5.74, 6) is 0. The first kappa shape index (κ1) is 14.4. The molecule has 116 valence electrons. The average molecular weight is 325 g/mol. The fraction of sp³-hybridized carbons (Fsp3) is 0.312. The molecule has 0 aliphatic heterocycles. The lowest BCUT2D eigenvalue weighted by molar-refractivity contribution is -0.0268. The second kappa shape index (κ2) is 5.16. The molecule has 3 aromatic heterocycles. The first-order valence-corrected chi connectivity index (χ1v) is 7.96. The summed E-state index contributed by atoms with van der Waals surface area (Å²) in [6, 6.07) is 6.22. The molecule has 0 aromatic carbocycles. The smallest absolute Gasteiger partial charge is 0.143 e. The number of aliphatic hydroxyl groups excluding tert-OH is 1. The normalized spacial score (nSPS) is 23.6. The summed E-state index contributed by atoms with van der Waals surface area (Å²) < 4.78 is 3.75. The first-order chi connectivity index (χ1) is 11.1. The zero-order valence-electron chi connectivity index (χ0n) is 12.4. The molecule has 4 rings (SSSR count). The predicted molar refractivity (Wildman–Crippen MR) is 89.5 cm³/mol. The van der Waals surface area contributed by atoms with Crippen LogP contribution in [0.3, 0.4) is 0 Å². The predicted octanol–water partition coefficient (Wildman–Crippen LogP) is 2.30. The van der Waals surface area contributed by atoms with Crippen LogP contribution >= 0.6 is 9.39 Å². The SMILES string of the molecule is N#CCC1(n2cc(-c3ccnc4c3ccn4P)cn2)CC(O)C1. The van der Waals surface area contributed by atoms with Gasteiger partial charge in [0.1, 0.15) is 5.65 Å². The molecule has 3 heterocycles. The van der Waals surface area contributed by atoms with Gasteiger partial charge in [0.15, 0.2) is 0 Å². The van der Waals surface area contributed by atoms with Crippen molar-refractivity contribution < 1.29 is 5.11 Å². The summed E-state index contributed by atoms with van der Waals surface area (Å²) >= 11 is 0. The summed E-state index contributed by atoms with van der Waals surface area (Å²) in [5.41, 5.74) is 2.58. The van der Waals surface area contributed by atoms with Crippen LogP contribution < -0.4 is 0 Å². The highest BCUT2D eigenvalue weighted by Crippen LogP contribution is 2.42. The monoisotopic (exact) mass is 325 g/mol. The molecule has 0 saturated heterocycles. The molecule has 6 nitrogen and oxygen atoms in total. The third-order valence-corrected chi connectivity index (χ3v) is 5.05. The van der Waals surface area contributed by atoms with E-state index in [-0.39, 0.29) is 11.6 Å². The van der Waals surface area contributed by atoms with Crippen molar-refractivity contribution in [1.29, 1.82) is 5.26 Å². The van der Waals surface area contributed by atoms with Crippen molar-refractivity contribution in [2.75, 3.05) is 0 Å². The summed E-state index contributed by atoms with van der Waals surface area (Å²) in [6.07, 6.45) is 8.71. The maximum absolute atomic E-state index is 9.68. The Labute approximate surface area is 135 Å². The minimum atomic E-state index is -0.370. The Morgan fingerprint density at radius 2 is 2.26 bits per heavy atom. The van der Waals surface area contributed by atoms with E-state index in [9.17, 15) is 5.11 Å².